The Hall–Kier alpha value is -0.830. The van der Waals surface area contributed by atoms with Gasteiger partial charge < -0.3 is 5.32 Å². The first-order valence-corrected chi connectivity index (χ1v) is 5.09. The summed E-state index contributed by atoms with van der Waals surface area (Å²) in [6.07, 6.45) is 6.99. The Labute approximate surface area is 87.2 Å². The molecule has 0 atom stereocenters. The molecule has 70 valence electrons. The highest BCUT2D eigenvalue weighted by Gasteiger charge is 1.96. The molecular formula is C10H13BrN2. The maximum Gasteiger partial charge on any atom is 0.140 e. The van der Waals surface area contributed by atoms with Gasteiger partial charge in [0.15, 0.2) is 0 Å². The van der Waals surface area contributed by atoms with Gasteiger partial charge in [0.25, 0.3) is 0 Å². The van der Waals surface area contributed by atoms with Crippen molar-refractivity contribution in [2.24, 2.45) is 0 Å². The third-order valence-corrected chi connectivity index (χ3v) is 2.24. The van der Waals surface area contributed by atoms with Gasteiger partial charge >= 0.3 is 0 Å². The van der Waals surface area contributed by atoms with Crippen LogP contribution in [-0.4, -0.2) is 11.5 Å². The predicted octanol–water partition coefficient (Wildman–Crippen LogP) is 3.22. The van der Waals surface area contributed by atoms with Crippen LogP contribution in [0.2, 0.25) is 0 Å². The molecule has 1 rings (SSSR count). The highest BCUT2D eigenvalue weighted by atomic mass is 79.9. The number of anilines is 1. The molecule has 0 aliphatic rings. The van der Waals surface area contributed by atoms with Gasteiger partial charge in [-0.25, -0.2) is 4.98 Å². The lowest BCUT2D eigenvalue weighted by Crippen LogP contribution is -2.02. The van der Waals surface area contributed by atoms with Gasteiger partial charge in [0.1, 0.15) is 5.82 Å². The largest absolute Gasteiger partial charge is 0.369 e. The van der Waals surface area contributed by atoms with Gasteiger partial charge in [-0.2, -0.15) is 0 Å². The molecule has 0 unspecified atom stereocenters. The summed E-state index contributed by atoms with van der Waals surface area (Å²) in [6.45, 7) is 2.94. The van der Waals surface area contributed by atoms with E-state index in [4.69, 9.17) is 0 Å². The van der Waals surface area contributed by atoms with Crippen LogP contribution in [0.25, 0.3) is 0 Å². The van der Waals surface area contributed by atoms with Crippen molar-refractivity contribution >= 4 is 21.7 Å². The molecule has 1 heterocycles. The minimum Gasteiger partial charge on any atom is -0.369 e. The molecule has 0 fully saturated rings. The Morgan fingerprint density at radius 1 is 1.62 bits per heavy atom. The number of rotatable bonds is 4. The zero-order valence-electron chi connectivity index (χ0n) is 7.63. The molecule has 0 aliphatic carbocycles. The van der Waals surface area contributed by atoms with E-state index in [2.05, 4.69) is 38.4 Å². The van der Waals surface area contributed by atoms with Crippen LogP contribution in [0.15, 0.2) is 35.0 Å². The summed E-state index contributed by atoms with van der Waals surface area (Å²) in [5, 5.41) is 3.24. The molecule has 0 radical (unpaired) electrons. The van der Waals surface area contributed by atoms with E-state index in [1.807, 2.05) is 19.1 Å². The second kappa shape index (κ2) is 5.75. The van der Waals surface area contributed by atoms with E-state index in [9.17, 15) is 0 Å². The van der Waals surface area contributed by atoms with E-state index in [-0.39, 0.29) is 0 Å². The fourth-order valence-electron chi connectivity index (χ4n) is 0.956. The summed E-state index contributed by atoms with van der Waals surface area (Å²) in [4.78, 5) is 4.19. The van der Waals surface area contributed by atoms with Gasteiger partial charge in [-0.05, 0) is 41.4 Å². The molecule has 3 heteroatoms. The van der Waals surface area contributed by atoms with Gasteiger partial charge in [0, 0.05) is 12.7 Å². The number of nitrogens with one attached hydrogen (secondary N) is 1. The Kier molecular flexibility index (Phi) is 4.54. The standard InChI is InChI=1S/C10H13BrN2/c1-2-3-4-7-12-10-9(11)6-5-8-13-10/h2-3,5-6,8H,4,7H2,1H3,(H,12,13)/b3-2+. The van der Waals surface area contributed by atoms with Gasteiger partial charge in [-0.3, -0.25) is 0 Å². The molecule has 1 aromatic rings. The average Bonchev–Trinajstić information content (AvgIpc) is 2.15. The van der Waals surface area contributed by atoms with Gasteiger partial charge in [-0.15, -0.1) is 0 Å². The minimum absolute atomic E-state index is 0.909. The first kappa shape index (κ1) is 10.3. The van der Waals surface area contributed by atoms with E-state index in [0.29, 0.717) is 0 Å². The smallest absolute Gasteiger partial charge is 0.140 e. The molecule has 0 aliphatic heterocycles. The van der Waals surface area contributed by atoms with E-state index >= 15 is 0 Å². The average molecular weight is 241 g/mol. The van der Waals surface area contributed by atoms with E-state index in [1.165, 1.54) is 0 Å². The second-order valence-electron chi connectivity index (χ2n) is 2.62. The van der Waals surface area contributed by atoms with Crippen LogP contribution in [0.5, 0.6) is 0 Å². The molecular weight excluding hydrogens is 228 g/mol. The lowest BCUT2D eigenvalue weighted by Gasteiger charge is -2.04. The van der Waals surface area contributed by atoms with E-state index in [1.54, 1.807) is 6.20 Å². The van der Waals surface area contributed by atoms with Crippen molar-refractivity contribution in [1.82, 2.24) is 4.98 Å². The zero-order valence-corrected chi connectivity index (χ0v) is 9.21. The molecule has 0 spiro atoms. The van der Waals surface area contributed by atoms with Crippen LogP contribution >= 0.6 is 15.9 Å². The fourth-order valence-corrected chi connectivity index (χ4v) is 1.35. The minimum atomic E-state index is 0.909. The Bertz CT molecular complexity index is 284. The van der Waals surface area contributed by atoms with Crippen LogP contribution in [-0.2, 0) is 0 Å². The number of aromatic nitrogens is 1. The molecule has 0 bridgehead atoms. The van der Waals surface area contributed by atoms with Crippen LogP contribution in [0.4, 0.5) is 5.82 Å². The summed E-state index contributed by atoms with van der Waals surface area (Å²) >= 11 is 3.42. The van der Waals surface area contributed by atoms with Crippen LogP contribution in [0, 0.1) is 0 Å². The molecule has 0 saturated carbocycles. The highest BCUT2D eigenvalue weighted by molar-refractivity contribution is 9.10. The number of hydrogen-bond acceptors (Lipinski definition) is 2. The number of hydrogen-bond donors (Lipinski definition) is 1. The monoisotopic (exact) mass is 240 g/mol. The van der Waals surface area contributed by atoms with E-state index < -0.39 is 0 Å². The summed E-state index contributed by atoms with van der Waals surface area (Å²) < 4.78 is 1.01. The first-order chi connectivity index (χ1) is 6.34. The quantitative estimate of drug-likeness (QED) is 0.646. The zero-order chi connectivity index (χ0) is 9.52. The molecule has 0 aromatic carbocycles. The lowest BCUT2D eigenvalue weighted by molar-refractivity contribution is 1.04. The molecule has 0 amide bonds. The number of nitrogens with zero attached hydrogens (tertiary/aromatic N) is 1. The Morgan fingerprint density at radius 3 is 3.15 bits per heavy atom. The van der Waals surface area contributed by atoms with E-state index in [0.717, 1.165) is 23.3 Å². The third kappa shape index (κ3) is 3.59. The molecule has 0 saturated heterocycles. The maximum absolute atomic E-state index is 4.19. The summed E-state index contributed by atoms with van der Waals surface area (Å²) in [6, 6.07) is 3.88. The maximum atomic E-state index is 4.19. The van der Waals surface area contributed by atoms with Gasteiger partial charge in [-0.1, -0.05) is 12.2 Å². The van der Waals surface area contributed by atoms with Crippen molar-refractivity contribution in [3.63, 3.8) is 0 Å². The predicted molar refractivity (Wildman–Crippen MR) is 59.9 cm³/mol. The summed E-state index contributed by atoms with van der Waals surface area (Å²) in [7, 11) is 0. The summed E-state index contributed by atoms with van der Waals surface area (Å²) in [5.41, 5.74) is 0. The molecule has 1 N–H and O–H groups in total. The van der Waals surface area contributed by atoms with Crippen molar-refractivity contribution < 1.29 is 0 Å². The number of halogens is 1. The van der Waals surface area contributed by atoms with Crippen molar-refractivity contribution in [3.05, 3.63) is 35.0 Å². The van der Waals surface area contributed by atoms with Crippen LogP contribution in [0.1, 0.15) is 13.3 Å². The van der Waals surface area contributed by atoms with Crippen molar-refractivity contribution in [3.8, 4) is 0 Å². The van der Waals surface area contributed by atoms with Crippen molar-refractivity contribution in [2.45, 2.75) is 13.3 Å². The number of pyridine rings is 1. The van der Waals surface area contributed by atoms with Crippen molar-refractivity contribution in [2.75, 3.05) is 11.9 Å². The first-order valence-electron chi connectivity index (χ1n) is 4.30. The van der Waals surface area contributed by atoms with Gasteiger partial charge in [0.05, 0.1) is 4.47 Å². The molecule has 2 nitrogen and oxygen atoms in total. The summed E-state index contributed by atoms with van der Waals surface area (Å²) in [5.74, 6) is 0.909. The van der Waals surface area contributed by atoms with Gasteiger partial charge in [0.2, 0.25) is 0 Å². The SMILES string of the molecule is C/C=C/CCNc1ncccc1Br. The Balaban J connectivity index is 2.41. The normalized spacial score (nSPS) is 10.6. The topological polar surface area (TPSA) is 24.9 Å². The highest BCUT2D eigenvalue weighted by Crippen LogP contribution is 2.17. The molecule has 13 heavy (non-hydrogen) atoms. The van der Waals surface area contributed by atoms with Crippen molar-refractivity contribution in [1.29, 1.82) is 0 Å². The molecule has 1 aromatic heterocycles. The lowest BCUT2D eigenvalue weighted by atomic mass is 10.4. The number of allylic oxidation sites excluding steroid dienone is 1. The second-order valence-corrected chi connectivity index (χ2v) is 3.47. The van der Waals surface area contributed by atoms with Crippen LogP contribution < -0.4 is 5.32 Å². The Morgan fingerprint density at radius 2 is 2.46 bits per heavy atom. The fraction of sp³-hybridized carbons (Fsp3) is 0.300. The van der Waals surface area contributed by atoms with Crippen LogP contribution in [0.3, 0.4) is 0 Å². The third-order valence-electron chi connectivity index (χ3n) is 1.60.